The first kappa shape index (κ1) is 21.5. The number of benzene rings is 2. The molecule has 7 heteroatoms. The number of para-hydroxylation sites is 1. The molecule has 2 aromatic rings. The Hall–Kier alpha value is -3.19. The average molecular weight is 409 g/mol. The van der Waals surface area contributed by atoms with E-state index in [-0.39, 0.29) is 24.3 Å². The van der Waals surface area contributed by atoms with Crippen LogP contribution in [0.5, 0.6) is 0 Å². The van der Waals surface area contributed by atoms with Crippen LogP contribution >= 0.6 is 0 Å². The van der Waals surface area contributed by atoms with Crippen LogP contribution in [0.2, 0.25) is 0 Å². The lowest BCUT2D eigenvalue weighted by Crippen LogP contribution is -2.45. The smallest absolute Gasteiger partial charge is 0.325 e. The first-order valence-electron chi connectivity index (χ1n) is 10.2. The van der Waals surface area contributed by atoms with Crippen molar-refractivity contribution in [3.8, 4) is 0 Å². The molecular weight excluding hydrogens is 380 g/mol. The Balaban J connectivity index is 1.40. The van der Waals surface area contributed by atoms with Crippen LogP contribution in [-0.2, 0) is 9.59 Å². The van der Waals surface area contributed by atoms with E-state index in [9.17, 15) is 14.4 Å². The number of imide groups is 1. The van der Waals surface area contributed by atoms with Gasteiger partial charge in [-0.25, -0.2) is 4.79 Å². The summed E-state index contributed by atoms with van der Waals surface area (Å²) in [4.78, 5) is 38.7. The second kappa shape index (κ2) is 10.0. The molecule has 0 bridgehead atoms. The number of anilines is 2. The van der Waals surface area contributed by atoms with Crippen LogP contribution in [-0.4, -0.2) is 42.4 Å². The molecule has 1 aliphatic heterocycles. The third-order valence-electron chi connectivity index (χ3n) is 5.25. The lowest BCUT2D eigenvalue weighted by atomic mass is 9.96. The lowest BCUT2D eigenvalue weighted by Gasteiger charge is -2.30. The second-order valence-corrected chi connectivity index (χ2v) is 7.73. The zero-order chi connectivity index (χ0) is 21.5. The molecule has 1 heterocycles. The molecule has 1 aliphatic rings. The fraction of sp³-hybridized carbons (Fsp3) is 0.348. The van der Waals surface area contributed by atoms with Crippen molar-refractivity contribution in [2.45, 2.75) is 26.7 Å². The number of amides is 4. The molecule has 1 saturated heterocycles. The normalized spacial score (nSPS) is 14.7. The molecular formula is C23H28N4O3. The van der Waals surface area contributed by atoms with Gasteiger partial charge in [0, 0.05) is 17.3 Å². The molecule has 7 nitrogen and oxygen atoms in total. The lowest BCUT2D eigenvalue weighted by molar-refractivity contribution is -0.122. The number of nitrogens with zero attached hydrogens (tertiary/aromatic N) is 1. The van der Waals surface area contributed by atoms with E-state index in [1.807, 2.05) is 67.3 Å². The van der Waals surface area contributed by atoms with Gasteiger partial charge >= 0.3 is 6.03 Å². The number of hydrogen-bond donors (Lipinski definition) is 3. The predicted molar refractivity (Wildman–Crippen MR) is 117 cm³/mol. The van der Waals surface area contributed by atoms with E-state index in [0.717, 1.165) is 16.8 Å². The molecule has 4 amide bonds. The Labute approximate surface area is 176 Å². The van der Waals surface area contributed by atoms with Gasteiger partial charge in [-0.15, -0.1) is 0 Å². The Morgan fingerprint density at radius 1 is 0.967 bits per heavy atom. The number of urea groups is 1. The molecule has 0 atom stereocenters. The van der Waals surface area contributed by atoms with Crippen LogP contribution in [0.1, 0.15) is 24.0 Å². The zero-order valence-electron chi connectivity index (χ0n) is 17.4. The van der Waals surface area contributed by atoms with Crippen molar-refractivity contribution in [2.75, 3.05) is 30.3 Å². The van der Waals surface area contributed by atoms with Crippen molar-refractivity contribution in [1.29, 1.82) is 0 Å². The fourth-order valence-electron chi connectivity index (χ4n) is 3.60. The van der Waals surface area contributed by atoms with Crippen molar-refractivity contribution < 1.29 is 14.4 Å². The summed E-state index contributed by atoms with van der Waals surface area (Å²) in [7, 11) is 0. The highest BCUT2D eigenvalue weighted by atomic mass is 16.2. The van der Waals surface area contributed by atoms with Gasteiger partial charge in [-0.2, -0.15) is 0 Å². The van der Waals surface area contributed by atoms with Gasteiger partial charge in [0.15, 0.2) is 0 Å². The van der Waals surface area contributed by atoms with E-state index in [0.29, 0.717) is 31.6 Å². The molecule has 30 heavy (non-hydrogen) atoms. The number of carbonyl (C=O) groups excluding carboxylic acids is 3. The maximum absolute atomic E-state index is 12.4. The van der Waals surface area contributed by atoms with Gasteiger partial charge in [0.2, 0.25) is 11.8 Å². The number of rotatable bonds is 5. The maximum atomic E-state index is 12.4. The summed E-state index contributed by atoms with van der Waals surface area (Å²) >= 11 is 0. The summed E-state index contributed by atoms with van der Waals surface area (Å²) in [5.74, 6) is -0.417. The zero-order valence-corrected chi connectivity index (χ0v) is 17.4. The highest BCUT2D eigenvalue weighted by molar-refractivity contribution is 6.02. The van der Waals surface area contributed by atoms with Crippen molar-refractivity contribution in [2.24, 2.45) is 5.92 Å². The summed E-state index contributed by atoms with van der Waals surface area (Å²) in [6, 6.07) is 14.5. The number of piperidine rings is 1. The molecule has 0 aromatic heterocycles. The van der Waals surface area contributed by atoms with Crippen LogP contribution in [0.25, 0.3) is 0 Å². The summed E-state index contributed by atoms with van der Waals surface area (Å²) in [5.41, 5.74) is 3.51. The Kier molecular flexibility index (Phi) is 7.19. The van der Waals surface area contributed by atoms with E-state index in [1.54, 1.807) is 0 Å². The second-order valence-electron chi connectivity index (χ2n) is 7.73. The summed E-state index contributed by atoms with van der Waals surface area (Å²) in [6.07, 6.45) is 1.36. The van der Waals surface area contributed by atoms with Gasteiger partial charge in [0.05, 0.1) is 6.54 Å². The number of nitrogens with one attached hydrogen (secondary N) is 3. The minimum absolute atomic E-state index is 0.0122. The van der Waals surface area contributed by atoms with Crippen molar-refractivity contribution in [3.63, 3.8) is 0 Å². The van der Waals surface area contributed by atoms with Gasteiger partial charge in [0.25, 0.3) is 0 Å². The maximum Gasteiger partial charge on any atom is 0.325 e. The van der Waals surface area contributed by atoms with E-state index in [2.05, 4.69) is 16.0 Å². The molecule has 0 unspecified atom stereocenters. The largest absolute Gasteiger partial charge is 0.326 e. The van der Waals surface area contributed by atoms with E-state index in [1.165, 1.54) is 0 Å². The van der Waals surface area contributed by atoms with Crippen LogP contribution < -0.4 is 16.0 Å². The average Bonchev–Trinajstić information content (AvgIpc) is 2.71. The summed E-state index contributed by atoms with van der Waals surface area (Å²) in [5, 5.41) is 8.02. The summed E-state index contributed by atoms with van der Waals surface area (Å²) < 4.78 is 0. The number of carbonyl (C=O) groups is 3. The number of hydrogen-bond acceptors (Lipinski definition) is 4. The Bertz CT molecular complexity index is 906. The van der Waals surface area contributed by atoms with Gasteiger partial charge in [-0.3, -0.25) is 19.8 Å². The van der Waals surface area contributed by atoms with Gasteiger partial charge in [-0.05, 0) is 63.5 Å². The molecule has 158 valence electrons. The van der Waals surface area contributed by atoms with E-state index < -0.39 is 6.03 Å². The highest BCUT2D eigenvalue weighted by Gasteiger charge is 2.26. The van der Waals surface area contributed by atoms with Gasteiger partial charge in [0.1, 0.15) is 0 Å². The van der Waals surface area contributed by atoms with Crippen LogP contribution in [0.3, 0.4) is 0 Å². The van der Waals surface area contributed by atoms with Crippen molar-refractivity contribution >= 4 is 29.2 Å². The van der Waals surface area contributed by atoms with Crippen LogP contribution in [0, 0.1) is 19.8 Å². The Morgan fingerprint density at radius 3 is 2.33 bits per heavy atom. The molecule has 0 saturated carbocycles. The third kappa shape index (κ3) is 6.15. The molecule has 0 aliphatic carbocycles. The van der Waals surface area contributed by atoms with Crippen molar-refractivity contribution in [3.05, 3.63) is 59.7 Å². The van der Waals surface area contributed by atoms with Crippen LogP contribution in [0.4, 0.5) is 16.2 Å². The minimum Gasteiger partial charge on any atom is -0.326 e. The number of likely N-dealkylation sites (tertiary alicyclic amines) is 1. The topological polar surface area (TPSA) is 90.5 Å². The van der Waals surface area contributed by atoms with E-state index in [4.69, 9.17) is 0 Å². The SMILES string of the molecule is Cc1ccc(NC(=O)NC(=O)CN2CCC(C(=O)Nc3ccccc3)CC2)c(C)c1. The predicted octanol–water partition coefficient (Wildman–Crippen LogP) is 3.30. The molecule has 1 fully saturated rings. The first-order valence-corrected chi connectivity index (χ1v) is 10.2. The molecule has 0 radical (unpaired) electrons. The Morgan fingerprint density at radius 2 is 1.67 bits per heavy atom. The quantitative estimate of drug-likeness (QED) is 0.708. The molecule has 0 spiro atoms. The number of aryl methyl sites for hydroxylation is 2. The van der Waals surface area contributed by atoms with Gasteiger partial charge in [-0.1, -0.05) is 35.9 Å². The third-order valence-corrected chi connectivity index (χ3v) is 5.25. The molecule has 2 aromatic carbocycles. The van der Waals surface area contributed by atoms with Crippen molar-refractivity contribution in [1.82, 2.24) is 10.2 Å². The van der Waals surface area contributed by atoms with E-state index >= 15 is 0 Å². The summed E-state index contributed by atoms with van der Waals surface area (Å²) in [6.45, 7) is 5.29. The van der Waals surface area contributed by atoms with Crippen LogP contribution in [0.15, 0.2) is 48.5 Å². The van der Waals surface area contributed by atoms with Gasteiger partial charge < -0.3 is 10.6 Å². The molecule has 3 rings (SSSR count). The highest BCUT2D eigenvalue weighted by Crippen LogP contribution is 2.19. The molecule has 3 N–H and O–H groups in total. The minimum atomic E-state index is -0.538. The monoisotopic (exact) mass is 408 g/mol. The fourth-order valence-corrected chi connectivity index (χ4v) is 3.60. The first-order chi connectivity index (χ1) is 14.4. The standard InChI is InChI=1S/C23H28N4O3/c1-16-8-9-20(17(2)14-16)25-23(30)26-21(28)15-27-12-10-18(11-13-27)22(29)24-19-6-4-3-5-7-19/h3-9,14,18H,10-13,15H2,1-2H3,(H,24,29)(H2,25,26,28,30).